The van der Waals surface area contributed by atoms with E-state index in [2.05, 4.69) is 32.0 Å². The summed E-state index contributed by atoms with van der Waals surface area (Å²) in [5.41, 5.74) is 6.52. The highest BCUT2D eigenvalue weighted by molar-refractivity contribution is 14.0. The standard InChI is InChI=1S/C21H32N6O3.HI/c1-14-12-27(13-17(14)20(29)30-3)21(23-2)25-11-16-5-4-8-24-19(16)26-9-6-15(7-10-26)18(22)28;/h4-5,8,14-15,17H,6-7,9-13H2,1-3H3,(H2,22,28)(H,23,25);1H. The number of likely N-dealkylation sites (tertiary alicyclic amines) is 1. The Labute approximate surface area is 200 Å². The molecule has 2 fully saturated rings. The molecule has 9 nitrogen and oxygen atoms in total. The number of hydrogen-bond donors (Lipinski definition) is 2. The molecule has 172 valence electrons. The molecule has 0 radical (unpaired) electrons. The molecule has 2 aliphatic heterocycles. The Balaban J connectivity index is 0.00000341. The Morgan fingerprint density at radius 2 is 2.03 bits per heavy atom. The Bertz CT molecular complexity index is 797. The molecule has 1 amide bonds. The number of carbonyl (C=O) groups excluding carboxylic acids is 2. The summed E-state index contributed by atoms with van der Waals surface area (Å²) < 4.78 is 4.93. The number of methoxy groups -OCH3 is 1. The van der Waals surface area contributed by atoms with Crippen molar-refractivity contribution in [1.29, 1.82) is 0 Å². The van der Waals surface area contributed by atoms with Crippen LogP contribution in [0, 0.1) is 17.8 Å². The topological polar surface area (TPSA) is 113 Å². The summed E-state index contributed by atoms with van der Waals surface area (Å²) in [5.74, 6) is 1.30. The lowest BCUT2D eigenvalue weighted by Crippen LogP contribution is -2.41. The van der Waals surface area contributed by atoms with Gasteiger partial charge < -0.3 is 25.6 Å². The number of carbonyl (C=O) groups is 2. The number of esters is 1. The van der Waals surface area contributed by atoms with Gasteiger partial charge in [-0.15, -0.1) is 24.0 Å². The number of hydrogen-bond acceptors (Lipinski definition) is 6. The predicted octanol–water partition coefficient (Wildman–Crippen LogP) is 1.22. The molecule has 10 heteroatoms. The molecule has 31 heavy (non-hydrogen) atoms. The quantitative estimate of drug-likeness (QED) is 0.248. The van der Waals surface area contributed by atoms with Gasteiger partial charge in [0.25, 0.3) is 0 Å². The third kappa shape index (κ3) is 5.98. The van der Waals surface area contributed by atoms with Crippen molar-refractivity contribution in [1.82, 2.24) is 15.2 Å². The van der Waals surface area contributed by atoms with Crippen LogP contribution >= 0.6 is 24.0 Å². The fraction of sp³-hybridized carbons (Fsp3) is 0.619. The molecule has 0 saturated carbocycles. The van der Waals surface area contributed by atoms with Crippen molar-refractivity contribution in [2.75, 3.05) is 45.2 Å². The van der Waals surface area contributed by atoms with Crippen molar-refractivity contribution in [3.8, 4) is 0 Å². The molecule has 0 aliphatic carbocycles. The zero-order chi connectivity index (χ0) is 21.7. The van der Waals surface area contributed by atoms with Gasteiger partial charge in [-0.25, -0.2) is 4.98 Å². The van der Waals surface area contributed by atoms with Crippen LogP contribution in [-0.4, -0.2) is 68.1 Å². The number of pyridine rings is 1. The molecule has 1 aromatic heterocycles. The van der Waals surface area contributed by atoms with Crippen molar-refractivity contribution < 1.29 is 14.3 Å². The minimum atomic E-state index is -0.216. The van der Waals surface area contributed by atoms with E-state index in [4.69, 9.17) is 10.5 Å². The molecule has 1 aromatic rings. The first kappa shape index (κ1) is 25.2. The van der Waals surface area contributed by atoms with Gasteiger partial charge >= 0.3 is 5.97 Å². The number of nitrogens with one attached hydrogen (secondary N) is 1. The van der Waals surface area contributed by atoms with Crippen LogP contribution in [0.3, 0.4) is 0 Å². The summed E-state index contributed by atoms with van der Waals surface area (Å²) in [4.78, 5) is 36.7. The second kappa shape index (κ2) is 11.5. The van der Waals surface area contributed by atoms with Crippen molar-refractivity contribution in [3.63, 3.8) is 0 Å². The summed E-state index contributed by atoms with van der Waals surface area (Å²) in [6.45, 7) is 5.49. The average molecular weight is 544 g/mol. The molecule has 3 rings (SSSR count). The highest BCUT2D eigenvalue weighted by Gasteiger charge is 2.37. The summed E-state index contributed by atoms with van der Waals surface area (Å²) >= 11 is 0. The maximum atomic E-state index is 12.0. The highest BCUT2D eigenvalue weighted by atomic mass is 127. The van der Waals surface area contributed by atoms with Crippen molar-refractivity contribution in [3.05, 3.63) is 23.9 Å². The molecular formula is C21H33IN6O3. The molecule has 0 spiro atoms. The zero-order valence-corrected chi connectivity index (χ0v) is 20.7. The number of rotatable bonds is 5. The number of nitrogens with zero attached hydrogens (tertiary/aromatic N) is 4. The van der Waals surface area contributed by atoms with Gasteiger partial charge in [0.15, 0.2) is 5.96 Å². The van der Waals surface area contributed by atoms with E-state index in [9.17, 15) is 9.59 Å². The SMILES string of the molecule is CN=C(NCc1cccnc1N1CCC(C(N)=O)CC1)N1CC(C)C(C(=O)OC)C1.I. The maximum Gasteiger partial charge on any atom is 0.310 e. The van der Waals surface area contributed by atoms with Gasteiger partial charge in [0.2, 0.25) is 5.91 Å². The van der Waals surface area contributed by atoms with E-state index in [1.807, 2.05) is 12.1 Å². The van der Waals surface area contributed by atoms with Crippen LogP contribution in [0.4, 0.5) is 5.82 Å². The molecule has 2 unspecified atom stereocenters. The number of aliphatic imine (C=N–C) groups is 1. The lowest BCUT2D eigenvalue weighted by atomic mass is 9.96. The third-order valence-electron chi connectivity index (χ3n) is 6.13. The van der Waals surface area contributed by atoms with Gasteiger partial charge in [-0.1, -0.05) is 13.0 Å². The van der Waals surface area contributed by atoms with Gasteiger partial charge in [-0.3, -0.25) is 14.6 Å². The monoisotopic (exact) mass is 544 g/mol. The summed E-state index contributed by atoms with van der Waals surface area (Å²) in [6.07, 6.45) is 3.29. The van der Waals surface area contributed by atoms with Gasteiger partial charge in [0, 0.05) is 57.4 Å². The fourth-order valence-corrected chi connectivity index (χ4v) is 4.33. The largest absolute Gasteiger partial charge is 0.469 e. The molecule has 0 bridgehead atoms. The molecule has 3 heterocycles. The van der Waals surface area contributed by atoms with E-state index in [1.165, 1.54) is 7.11 Å². The van der Waals surface area contributed by atoms with Crippen LogP contribution < -0.4 is 16.0 Å². The zero-order valence-electron chi connectivity index (χ0n) is 18.4. The Hall–Kier alpha value is -2.11. The molecular weight excluding hydrogens is 511 g/mol. The van der Waals surface area contributed by atoms with E-state index in [0.29, 0.717) is 13.1 Å². The van der Waals surface area contributed by atoms with E-state index in [-0.39, 0.29) is 53.6 Å². The normalized spacial score (nSPS) is 22.1. The van der Waals surface area contributed by atoms with E-state index < -0.39 is 0 Å². The number of aromatic nitrogens is 1. The van der Waals surface area contributed by atoms with Crippen molar-refractivity contribution in [2.45, 2.75) is 26.3 Å². The number of anilines is 1. The molecule has 2 atom stereocenters. The summed E-state index contributed by atoms with van der Waals surface area (Å²) in [7, 11) is 3.18. The number of nitrogens with two attached hydrogens (primary N) is 1. The first-order valence-electron chi connectivity index (χ1n) is 10.5. The first-order chi connectivity index (χ1) is 14.4. The van der Waals surface area contributed by atoms with Gasteiger partial charge in [-0.05, 0) is 24.8 Å². The first-order valence-corrected chi connectivity index (χ1v) is 10.5. The van der Waals surface area contributed by atoms with Gasteiger partial charge in [0.05, 0.1) is 13.0 Å². The number of guanidine groups is 1. The minimum absolute atomic E-state index is 0. The lowest BCUT2D eigenvalue weighted by molar-refractivity contribution is -0.146. The van der Waals surface area contributed by atoms with Crippen LogP contribution in [-0.2, 0) is 20.9 Å². The molecule has 2 saturated heterocycles. The van der Waals surface area contributed by atoms with Crippen molar-refractivity contribution in [2.24, 2.45) is 28.5 Å². The summed E-state index contributed by atoms with van der Waals surface area (Å²) in [6, 6.07) is 3.97. The van der Waals surface area contributed by atoms with E-state index in [1.54, 1.807) is 13.2 Å². The van der Waals surface area contributed by atoms with Crippen LogP contribution in [0.5, 0.6) is 0 Å². The average Bonchev–Trinajstić information content (AvgIpc) is 3.15. The fourth-order valence-electron chi connectivity index (χ4n) is 4.33. The second-order valence-corrected chi connectivity index (χ2v) is 8.06. The predicted molar refractivity (Wildman–Crippen MR) is 130 cm³/mol. The number of amides is 1. The number of ether oxygens (including phenoxy) is 1. The number of primary amides is 1. The molecule has 2 aliphatic rings. The lowest BCUT2D eigenvalue weighted by Gasteiger charge is -2.32. The number of piperidine rings is 1. The van der Waals surface area contributed by atoms with E-state index in [0.717, 1.165) is 49.8 Å². The molecule has 3 N–H and O–H groups in total. The van der Waals surface area contributed by atoms with Crippen LogP contribution in [0.25, 0.3) is 0 Å². The van der Waals surface area contributed by atoms with Crippen LogP contribution in [0.1, 0.15) is 25.3 Å². The second-order valence-electron chi connectivity index (χ2n) is 8.06. The Kier molecular flexibility index (Phi) is 9.32. The van der Waals surface area contributed by atoms with Crippen LogP contribution in [0.15, 0.2) is 23.3 Å². The smallest absolute Gasteiger partial charge is 0.310 e. The van der Waals surface area contributed by atoms with Crippen LogP contribution in [0.2, 0.25) is 0 Å². The van der Waals surface area contributed by atoms with Gasteiger partial charge in [0.1, 0.15) is 5.82 Å². The van der Waals surface area contributed by atoms with Crippen molar-refractivity contribution >= 4 is 47.6 Å². The van der Waals surface area contributed by atoms with E-state index >= 15 is 0 Å². The Morgan fingerprint density at radius 1 is 1.32 bits per heavy atom. The van der Waals surface area contributed by atoms with Gasteiger partial charge in [-0.2, -0.15) is 0 Å². The highest BCUT2D eigenvalue weighted by Crippen LogP contribution is 2.26. The Morgan fingerprint density at radius 3 is 2.65 bits per heavy atom. The number of halogens is 1. The maximum absolute atomic E-state index is 12.0. The minimum Gasteiger partial charge on any atom is -0.469 e. The molecule has 0 aromatic carbocycles. The summed E-state index contributed by atoms with van der Waals surface area (Å²) in [5, 5.41) is 3.42. The third-order valence-corrected chi connectivity index (χ3v) is 6.13.